The molecule has 1 atom stereocenters. The van der Waals surface area contributed by atoms with Gasteiger partial charge in [0.25, 0.3) is 0 Å². The van der Waals surface area contributed by atoms with Crippen LogP contribution in [0, 0.1) is 0 Å². The lowest BCUT2D eigenvalue weighted by Gasteiger charge is -2.08. The van der Waals surface area contributed by atoms with Gasteiger partial charge in [0.15, 0.2) is 0 Å². The molecule has 2 aromatic heterocycles. The zero-order valence-corrected chi connectivity index (χ0v) is 10.2. The van der Waals surface area contributed by atoms with Crippen molar-refractivity contribution in [2.75, 3.05) is 0 Å². The molecule has 2 heterocycles. The van der Waals surface area contributed by atoms with Crippen molar-refractivity contribution >= 4 is 32.8 Å². The van der Waals surface area contributed by atoms with Crippen LogP contribution in [-0.2, 0) is 0 Å². The molecule has 0 amide bonds. The molecule has 0 fully saturated rings. The van der Waals surface area contributed by atoms with Crippen LogP contribution in [0.2, 0.25) is 0 Å². The molecule has 0 saturated carbocycles. The Kier molecular flexibility index (Phi) is 2.52. The minimum absolute atomic E-state index is 0.00222. The van der Waals surface area contributed by atoms with Gasteiger partial charge in [-0.1, -0.05) is 18.2 Å². The lowest BCUT2D eigenvalue weighted by atomic mass is 10.0. The number of nitrogens with two attached hydrogens (primary N) is 1. The van der Waals surface area contributed by atoms with Crippen LogP contribution < -0.4 is 5.73 Å². The summed E-state index contributed by atoms with van der Waals surface area (Å²) in [6, 6.07) is 10.5. The largest absolute Gasteiger partial charge is 0.320 e. The molecule has 0 aliphatic rings. The molecule has 3 rings (SSSR count). The maximum atomic E-state index is 6.28. The molecule has 0 saturated heterocycles. The maximum absolute atomic E-state index is 6.28. The van der Waals surface area contributed by atoms with Gasteiger partial charge in [-0.2, -0.15) is 11.3 Å². The molecule has 1 nitrogen and oxygen atoms in total. The summed E-state index contributed by atoms with van der Waals surface area (Å²) in [4.78, 5) is 0. The molecule has 0 radical (unpaired) electrons. The van der Waals surface area contributed by atoms with E-state index in [0.29, 0.717) is 0 Å². The Morgan fingerprint density at radius 3 is 2.75 bits per heavy atom. The van der Waals surface area contributed by atoms with Crippen LogP contribution in [-0.4, -0.2) is 0 Å². The van der Waals surface area contributed by atoms with Crippen LogP contribution in [0.25, 0.3) is 10.1 Å². The second-order valence-electron chi connectivity index (χ2n) is 3.72. The normalized spacial score (nSPS) is 13.1. The Morgan fingerprint density at radius 1 is 1.06 bits per heavy atom. The number of rotatable bonds is 2. The molecule has 0 aliphatic heterocycles. The number of hydrogen-bond acceptors (Lipinski definition) is 3. The quantitative estimate of drug-likeness (QED) is 0.725. The van der Waals surface area contributed by atoms with Crippen LogP contribution in [0.1, 0.15) is 17.2 Å². The van der Waals surface area contributed by atoms with Crippen LogP contribution in [0.3, 0.4) is 0 Å². The summed E-state index contributed by atoms with van der Waals surface area (Å²) in [6.07, 6.45) is 0. The van der Waals surface area contributed by atoms with Crippen molar-refractivity contribution in [1.29, 1.82) is 0 Å². The summed E-state index contributed by atoms with van der Waals surface area (Å²) < 4.78 is 1.31. The molecule has 16 heavy (non-hydrogen) atoms. The van der Waals surface area contributed by atoms with Crippen molar-refractivity contribution in [3.63, 3.8) is 0 Å². The predicted molar refractivity (Wildman–Crippen MR) is 72.2 cm³/mol. The zero-order chi connectivity index (χ0) is 11.0. The smallest absolute Gasteiger partial charge is 0.0574 e. The van der Waals surface area contributed by atoms with E-state index < -0.39 is 0 Å². The molecule has 0 spiro atoms. The van der Waals surface area contributed by atoms with Gasteiger partial charge in [-0.15, -0.1) is 11.3 Å². The van der Waals surface area contributed by atoms with Gasteiger partial charge >= 0.3 is 0 Å². The lowest BCUT2D eigenvalue weighted by molar-refractivity contribution is 0.890. The van der Waals surface area contributed by atoms with Gasteiger partial charge in [-0.05, 0) is 44.8 Å². The molecule has 3 aromatic rings. The Hall–Kier alpha value is -1.16. The summed E-state index contributed by atoms with van der Waals surface area (Å²) >= 11 is 3.46. The zero-order valence-electron chi connectivity index (χ0n) is 8.59. The first-order valence-electron chi connectivity index (χ1n) is 5.10. The minimum atomic E-state index is 0.00222. The summed E-state index contributed by atoms with van der Waals surface area (Å²) in [7, 11) is 0. The van der Waals surface area contributed by atoms with E-state index in [9.17, 15) is 0 Å². The minimum Gasteiger partial charge on any atom is -0.320 e. The number of thiophene rings is 2. The lowest BCUT2D eigenvalue weighted by Crippen LogP contribution is -2.09. The SMILES string of the molecule is NC(c1ccsc1)c1csc2ccccc12. The van der Waals surface area contributed by atoms with E-state index in [1.165, 1.54) is 21.2 Å². The Bertz CT molecular complexity index is 595. The van der Waals surface area contributed by atoms with Gasteiger partial charge in [0, 0.05) is 4.70 Å². The second-order valence-corrected chi connectivity index (χ2v) is 5.41. The van der Waals surface area contributed by atoms with Gasteiger partial charge in [-0.25, -0.2) is 0 Å². The van der Waals surface area contributed by atoms with E-state index in [0.717, 1.165) is 0 Å². The fourth-order valence-corrected chi connectivity index (χ4v) is 3.56. The average Bonchev–Trinajstić information content (AvgIpc) is 2.98. The highest BCUT2D eigenvalue weighted by Crippen LogP contribution is 2.32. The van der Waals surface area contributed by atoms with Crippen molar-refractivity contribution in [2.45, 2.75) is 6.04 Å². The van der Waals surface area contributed by atoms with Crippen molar-refractivity contribution in [2.24, 2.45) is 5.73 Å². The van der Waals surface area contributed by atoms with E-state index in [1.807, 2.05) is 0 Å². The highest BCUT2D eigenvalue weighted by Gasteiger charge is 2.13. The van der Waals surface area contributed by atoms with Crippen LogP contribution in [0.4, 0.5) is 0 Å². The third-order valence-electron chi connectivity index (χ3n) is 2.75. The fourth-order valence-electron chi connectivity index (χ4n) is 1.87. The molecule has 1 aromatic carbocycles. The van der Waals surface area contributed by atoms with Crippen LogP contribution in [0.15, 0.2) is 46.5 Å². The topological polar surface area (TPSA) is 26.0 Å². The third-order valence-corrected chi connectivity index (χ3v) is 4.43. The van der Waals surface area contributed by atoms with Crippen LogP contribution in [0.5, 0.6) is 0 Å². The van der Waals surface area contributed by atoms with E-state index in [2.05, 4.69) is 46.5 Å². The molecule has 1 unspecified atom stereocenters. The van der Waals surface area contributed by atoms with Gasteiger partial charge in [0.2, 0.25) is 0 Å². The van der Waals surface area contributed by atoms with Gasteiger partial charge in [0.05, 0.1) is 6.04 Å². The van der Waals surface area contributed by atoms with E-state index in [4.69, 9.17) is 5.73 Å². The Labute approximate surface area is 102 Å². The molecule has 0 bridgehead atoms. The van der Waals surface area contributed by atoms with E-state index in [1.54, 1.807) is 22.7 Å². The molecular formula is C13H11NS2. The second kappa shape index (κ2) is 4.01. The highest BCUT2D eigenvalue weighted by atomic mass is 32.1. The van der Waals surface area contributed by atoms with Gasteiger partial charge in [0.1, 0.15) is 0 Å². The van der Waals surface area contributed by atoms with Crippen molar-refractivity contribution in [3.05, 3.63) is 57.6 Å². The van der Waals surface area contributed by atoms with Gasteiger partial charge < -0.3 is 5.73 Å². The van der Waals surface area contributed by atoms with Crippen molar-refractivity contribution < 1.29 is 0 Å². The maximum Gasteiger partial charge on any atom is 0.0574 e. The summed E-state index contributed by atoms with van der Waals surface area (Å²) in [5.74, 6) is 0. The first kappa shape index (κ1) is 10.0. The summed E-state index contributed by atoms with van der Waals surface area (Å²) in [5, 5.41) is 7.65. The molecule has 3 heteroatoms. The molecule has 2 N–H and O–H groups in total. The number of fused-ring (bicyclic) bond motifs is 1. The number of hydrogen-bond donors (Lipinski definition) is 1. The monoisotopic (exact) mass is 245 g/mol. The standard InChI is InChI=1S/C13H11NS2/c14-13(9-5-6-15-7-9)11-8-16-12-4-2-1-3-10(11)12/h1-8,13H,14H2. The third kappa shape index (κ3) is 1.57. The first-order chi connectivity index (χ1) is 7.86. The van der Waals surface area contributed by atoms with Crippen LogP contribution >= 0.6 is 22.7 Å². The van der Waals surface area contributed by atoms with Gasteiger partial charge in [-0.3, -0.25) is 0 Å². The Balaban J connectivity index is 2.12. The fraction of sp³-hybridized carbons (Fsp3) is 0.0769. The predicted octanol–water partition coefficient (Wildman–Crippen LogP) is 4.01. The van der Waals surface area contributed by atoms with E-state index >= 15 is 0 Å². The van der Waals surface area contributed by atoms with Crippen molar-refractivity contribution in [3.8, 4) is 0 Å². The molecular weight excluding hydrogens is 234 g/mol. The Morgan fingerprint density at radius 2 is 1.94 bits per heavy atom. The average molecular weight is 245 g/mol. The first-order valence-corrected chi connectivity index (χ1v) is 6.92. The molecule has 80 valence electrons. The van der Waals surface area contributed by atoms with Crippen molar-refractivity contribution in [1.82, 2.24) is 0 Å². The summed E-state index contributed by atoms with van der Waals surface area (Å²) in [5.41, 5.74) is 8.72. The highest BCUT2D eigenvalue weighted by molar-refractivity contribution is 7.17. The molecule has 0 aliphatic carbocycles. The number of benzene rings is 1. The van der Waals surface area contributed by atoms with E-state index in [-0.39, 0.29) is 6.04 Å². The summed E-state index contributed by atoms with van der Waals surface area (Å²) in [6.45, 7) is 0.